The summed E-state index contributed by atoms with van der Waals surface area (Å²) in [6.45, 7) is 7.82. The van der Waals surface area contributed by atoms with Crippen LogP contribution < -0.4 is 0 Å². The molecule has 0 radical (unpaired) electrons. The van der Waals surface area contributed by atoms with E-state index < -0.39 is 41.0 Å². The molecular formula is C14H20O7S2. The summed E-state index contributed by atoms with van der Waals surface area (Å²) < 4.78 is 15.3. The summed E-state index contributed by atoms with van der Waals surface area (Å²) in [7, 11) is 0. The maximum Gasteiger partial charge on any atom is 0.347 e. The fourth-order valence-electron chi connectivity index (χ4n) is 1.52. The van der Waals surface area contributed by atoms with E-state index in [-0.39, 0.29) is 9.81 Å². The number of thioether (sulfide) groups is 2. The Kier molecular flexibility index (Phi) is 7.43. The molecule has 0 bridgehead atoms. The minimum atomic E-state index is -1.09. The predicted molar refractivity (Wildman–Crippen MR) is 86.2 cm³/mol. The van der Waals surface area contributed by atoms with Crippen molar-refractivity contribution >= 4 is 41.4 Å². The van der Waals surface area contributed by atoms with Gasteiger partial charge in [0.15, 0.2) is 16.4 Å². The summed E-state index contributed by atoms with van der Waals surface area (Å²) in [5.41, 5.74) is -2.29. The Bertz CT molecular complexity index is 489. The van der Waals surface area contributed by atoms with E-state index >= 15 is 0 Å². The van der Waals surface area contributed by atoms with Crippen LogP contribution in [-0.4, -0.2) is 46.1 Å². The van der Waals surface area contributed by atoms with Gasteiger partial charge in [-0.05, 0) is 27.7 Å². The standard InChI is InChI=1S/C14H20O7S2/c1-6(2)19-10(16)9(11(17)20-7(3)4)14-22-12(18)13(23-14)21-8(5)15/h6-7,12-13,18H,1-5H3. The van der Waals surface area contributed by atoms with Gasteiger partial charge in [-0.15, -0.1) is 0 Å². The summed E-state index contributed by atoms with van der Waals surface area (Å²) >= 11 is 1.77. The molecule has 0 aromatic carbocycles. The van der Waals surface area contributed by atoms with Gasteiger partial charge in [-0.3, -0.25) is 4.79 Å². The maximum atomic E-state index is 12.2. The number of carbonyl (C=O) groups excluding carboxylic acids is 3. The van der Waals surface area contributed by atoms with Crippen LogP contribution in [0.3, 0.4) is 0 Å². The highest BCUT2D eigenvalue weighted by molar-refractivity contribution is 8.25. The molecule has 1 rings (SSSR count). The molecule has 0 amide bonds. The van der Waals surface area contributed by atoms with E-state index in [9.17, 15) is 19.5 Å². The summed E-state index contributed by atoms with van der Waals surface area (Å²) in [4.78, 5) is 35.4. The average molecular weight is 364 g/mol. The monoisotopic (exact) mass is 364 g/mol. The van der Waals surface area contributed by atoms with Gasteiger partial charge in [-0.2, -0.15) is 0 Å². The van der Waals surface area contributed by atoms with Crippen LogP contribution in [0.1, 0.15) is 34.6 Å². The lowest BCUT2D eigenvalue weighted by molar-refractivity contribution is -0.151. The molecule has 2 unspecified atom stereocenters. The predicted octanol–water partition coefficient (Wildman–Crippen LogP) is 1.79. The molecular weight excluding hydrogens is 344 g/mol. The summed E-state index contributed by atoms with van der Waals surface area (Å²) in [5, 5.41) is 9.91. The molecule has 0 aromatic heterocycles. The Morgan fingerprint density at radius 2 is 1.48 bits per heavy atom. The van der Waals surface area contributed by atoms with E-state index in [1.165, 1.54) is 6.92 Å². The van der Waals surface area contributed by atoms with Crippen molar-refractivity contribution in [1.29, 1.82) is 0 Å². The first-order valence-electron chi connectivity index (χ1n) is 6.96. The Morgan fingerprint density at radius 1 is 1.00 bits per heavy atom. The van der Waals surface area contributed by atoms with Gasteiger partial charge < -0.3 is 19.3 Å². The second kappa shape index (κ2) is 8.60. The van der Waals surface area contributed by atoms with Crippen molar-refractivity contribution < 1.29 is 33.7 Å². The van der Waals surface area contributed by atoms with Gasteiger partial charge in [0.05, 0.1) is 16.4 Å². The van der Waals surface area contributed by atoms with Gasteiger partial charge in [0, 0.05) is 6.92 Å². The lowest BCUT2D eigenvalue weighted by Gasteiger charge is -2.14. The number of aliphatic hydroxyl groups excluding tert-OH is 1. The Morgan fingerprint density at radius 3 is 1.87 bits per heavy atom. The normalized spacial score (nSPS) is 20.6. The van der Waals surface area contributed by atoms with Crippen LogP contribution in [0.15, 0.2) is 9.81 Å². The molecule has 7 nitrogen and oxygen atoms in total. The number of ether oxygens (including phenoxy) is 3. The van der Waals surface area contributed by atoms with Crippen LogP contribution in [-0.2, 0) is 28.6 Å². The molecule has 23 heavy (non-hydrogen) atoms. The van der Waals surface area contributed by atoms with Crippen molar-refractivity contribution in [1.82, 2.24) is 0 Å². The minimum absolute atomic E-state index is 0.208. The van der Waals surface area contributed by atoms with E-state index in [1.807, 2.05) is 0 Å². The van der Waals surface area contributed by atoms with E-state index in [0.29, 0.717) is 0 Å². The second-order valence-corrected chi connectivity index (χ2v) is 7.67. The third-order valence-corrected chi connectivity index (χ3v) is 4.92. The molecule has 1 aliphatic heterocycles. The molecule has 1 saturated heterocycles. The van der Waals surface area contributed by atoms with Crippen molar-refractivity contribution in [2.24, 2.45) is 0 Å². The fraction of sp³-hybridized carbons (Fsp3) is 0.643. The van der Waals surface area contributed by atoms with E-state index in [0.717, 1.165) is 23.5 Å². The largest absolute Gasteiger partial charge is 0.459 e. The lowest BCUT2D eigenvalue weighted by Crippen LogP contribution is -2.23. The van der Waals surface area contributed by atoms with Crippen molar-refractivity contribution in [2.75, 3.05) is 0 Å². The molecule has 0 saturated carbocycles. The quantitative estimate of drug-likeness (QED) is 0.257. The SMILES string of the molecule is CC(=O)OC1SC(=C(C(=O)OC(C)C)C(=O)OC(C)C)SC1O. The first-order valence-corrected chi connectivity index (χ1v) is 8.72. The zero-order chi connectivity index (χ0) is 17.7. The topological polar surface area (TPSA) is 99.1 Å². The molecule has 9 heteroatoms. The first kappa shape index (κ1) is 19.9. The zero-order valence-corrected chi connectivity index (χ0v) is 15.2. The number of esters is 3. The van der Waals surface area contributed by atoms with Crippen LogP contribution in [0, 0.1) is 0 Å². The molecule has 1 aliphatic rings. The number of hydrogen-bond donors (Lipinski definition) is 1. The molecule has 0 spiro atoms. The number of aliphatic hydroxyl groups is 1. The van der Waals surface area contributed by atoms with Crippen LogP contribution in [0.4, 0.5) is 0 Å². The molecule has 1 heterocycles. The van der Waals surface area contributed by atoms with Crippen LogP contribution >= 0.6 is 23.5 Å². The molecule has 0 aliphatic carbocycles. The van der Waals surface area contributed by atoms with Crippen molar-refractivity contribution in [3.05, 3.63) is 9.81 Å². The van der Waals surface area contributed by atoms with Gasteiger partial charge >= 0.3 is 17.9 Å². The smallest absolute Gasteiger partial charge is 0.347 e. The van der Waals surface area contributed by atoms with Crippen LogP contribution in [0.5, 0.6) is 0 Å². The highest BCUT2D eigenvalue weighted by Gasteiger charge is 2.39. The molecule has 0 aromatic rings. The molecule has 1 fully saturated rings. The minimum Gasteiger partial charge on any atom is -0.459 e. The van der Waals surface area contributed by atoms with Crippen LogP contribution in [0.25, 0.3) is 0 Å². The van der Waals surface area contributed by atoms with Crippen molar-refractivity contribution in [3.8, 4) is 0 Å². The Labute approximate surface area is 143 Å². The lowest BCUT2D eigenvalue weighted by atomic mass is 10.3. The van der Waals surface area contributed by atoms with Gasteiger partial charge in [0.1, 0.15) is 0 Å². The Hall–Kier alpha value is -1.19. The van der Waals surface area contributed by atoms with Gasteiger partial charge in [-0.1, -0.05) is 23.5 Å². The van der Waals surface area contributed by atoms with Crippen molar-refractivity contribution in [3.63, 3.8) is 0 Å². The van der Waals surface area contributed by atoms with Crippen LogP contribution in [0.2, 0.25) is 0 Å². The third kappa shape index (κ3) is 6.08. The summed E-state index contributed by atoms with van der Waals surface area (Å²) in [6, 6.07) is 0. The molecule has 1 N–H and O–H groups in total. The molecule has 2 atom stereocenters. The van der Waals surface area contributed by atoms with Gasteiger partial charge in [0.25, 0.3) is 0 Å². The second-order valence-electron chi connectivity index (χ2n) is 5.17. The zero-order valence-electron chi connectivity index (χ0n) is 13.5. The Balaban J connectivity index is 3.09. The van der Waals surface area contributed by atoms with Gasteiger partial charge in [0.2, 0.25) is 0 Å². The summed E-state index contributed by atoms with van der Waals surface area (Å²) in [6.07, 6.45) is -0.842. The highest BCUT2D eigenvalue weighted by atomic mass is 32.2. The number of hydrogen-bond acceptors (Lipinski definition) is 9. The fourth-order valence-corrected chi connectivity index (χ4v) is 4.12. The van der Waals surface area contributed by atoms with Gasteiger partial charge in [-0.25, -0.2) is 9.59 Å². The van der Waals surface area contributed by atoms with Crippen molar-refractivity contribution in [2.45, 2.75) is 57.7 Å². The molecule has 130 valence electrons. The van der Waals surface area contributed by atoms with E-state index in [2.05, 4.69) is 0 Å². The highest BCUT2D eigenvalue weighted by Crippen LogP contribution is 2.48. The summed E-state index contributed by atoms with van der Waals surface area (Å²) in [5.74, 6) is -2.24. The first-order chi connectivity index (χ1) is 10.6. The number of carbonyl (C=O) groups is 3. The maximum absolute atomic E-state index is 12.2. The van der Waals surface area contributed by atoms with E-state index in [4.69, 9.17) is 14.2 Å². The third-order valence-electron chi connectivity index (χ3n) is 2.26. The number of rotatable bonds is 5. The average Bonchev–Trinajstić information content (AvgIpc) is 2.67. The van der Waals surface area contributed by atoms with E-state index in [1.54, 1.807) is 27.7 Å².